The molecule has 0 radical (unpaired) electrons. The molecule has 0 aromatic carbocycles. The fourth-order valence-electron chi connectivity index (χ4n) is 0.927. The van der Waals surface area contributed by atoms with Crippen molar-refractivity contribution >= 4 is 28.5 Å². The monoisotopic (exact) mass is 258 g/mol. The van der Waals surface area contributed by atoms with Crippen LogP contribution in [0, 0.1) is 0 Å². The quantitative estimate of drug-likeness (QED) is 0.879. The summed E-state index contributed by atoms with van der Waals surface area (Å²) in [5.74, 6) is -1.06. The number of carboxylic acids is 1. The second-order valence-corrected chi connectivity index (χ2v) is 5.36. The fraction of sp³-hybridized carbons (Fsp3) is 0.500. The molecule has 0 aliphatic heterocycles. The zero-order chi connectivity index (χ0) is 13.2. The van der Waals surface area contributed by atoms with E-state index in [4.69, 9.17) is 9.84 Å². The summed E-state index contributed by atoms with van der Waals surface area (Å²) in [5.41, 5.74) is -0.599. The van der Waals surface area contributed by atoms with Crippen LogP contribution in [-0.2, 0) is 4.74 Å². The van der Waals surface area contributed by atoms with Crippen LogP contribution < -0.4 is 4.90 Å². The topological polar surface area (TPSA) is 79.7 Å². The number of anilines is 1. The van der Waals surface area contributed by atoms with Gasteiger partial charge in [-0.05, 0) is 20.8 Å². The molecule has 0 spiro atoms. The summed E-state index contributed by atoms with van der Waals surface area (Å²) in [7, 11) is 1.48. The zero-order valence-electron chi connectivity index (χ0n) is 10.1. The van der Waals surface area contributed by atoms with Gasteiger partial charge in [0.2, 0.25) is 0 Å². The molecule has 0 saturated carbocycles. The lowest BCUT2D eigenvalue weighted by Crippen LogP contribution is -2.34. The maximum atomic E-state index is 11.7. The molecule has 94 valence electrons. The standard InChI is InChI=1S/C10H14N2O4S/c1-10(2,3)16-9(15)12(4)8-11-5-6(17-8)7(13)14/h5H,1-4H3,(H,13,14). The fourth-order valence-corrected chi connectivity index (χ4v) is 1.63. The number of nitrogens with zero attached hydrogens (tertiary/aromatic N) is 2. The minimum Gasteiger partial charge on any atom is -0.477 e. The first kappa shape index (κ1) is 13.4. The number of carbonyl (C=O) groups excluding carboxylic acids is 1. The third-order valence-corrected chi connectivity index (χ3v) is 2.72. The van der Waals surface area contributed by atoms with Crippen molar-refractivity contribution in [3.05, 3.63) is 11.1 Å². The van der Waals surface area contributed by atoms with Gasteiger partial charge in [-0.3, -0.25) is 4.90 Å². The molecule has 0 fully saturated rings. The molecule has 7 heteroatoms. The van der Waals surface area contributed by atoms with E-state index in [2.05, 4.69) is 4.98 Å². The Labute approximate surface area is 103 Å². The van der Waals surface area contributed by atoms with Crippen molar-refractivity contribution in [2.45, 2.75) is 26.4 Å². The van der Waals surface area contributed by atoms with Gasteiger partial charge in [0, 0.05) is 7.05 Å². The number of ether oxygens (including phenoxy) is 1. The number of thiazole rings is 1. The molecule has 1 aromatic heterocycles. The van der Waals surface area contributed by atoms with Crippen LogP contribution >= 0.6 is 11.3 Å². The molecule has 0 aliphatic carbocycles. The van der Waals surface area contributed by atoms with E-state index in [0.717, 1.165) is 11.3 Å². The molecule has 1 aromatic rings. The minimum atomic E-state index is -1.06. The third kappa shape index (κ3) is 3.70. The van der Waals surface area contributed by atoms with E-state index in [-0.39, 0.29) is 10.0 Å². The molecule has 0 atom stereocenters. The number of hydrogen-bond acceptors (Lipinski definition) is 5. The normalized spacial score (nSPS) is 11.1. The van der Waals surface area contributed by atoms with Crippen molar-refractivity contribution in [2.24, 2.45) is 0 Å². The highest BCUT2D eigenvalue weighted by Gasteiger charge is 2.23. The predicted molar refractivity (Wildman–Crippen MR) is 63.7 cm³/mol. The molecule has 1 rings (SSSR count). The average Bonchev–Trinajstić information content (AvgIpc) is 2.62. The van der Waals surface area contributed by atoms with E-state index in [9.17, 15) is 9.59 Å². The highest BCUT2D eigenvalue weighted by atomic mass is 32.1. The van der Waals surface area contributed by atoms with Gasteiger partial charge in [-0.15, -0.1) is 0 Å². The summed E-state index contributed by atoms with van der Waals surface area (Å²) in [6.45, 7) is 5.26. The number of hydrogen-bond donors (Lipinski definition) is 1. The second kappa shape index (κ2) is 4.70. The van der Waals surface area contributed by atoms with Crippen molar-refractivity contribution in [1.82, 2.24) is 4.98 Å². The Morgan fingerprint density at radius 1 is 1.47 bits per heavy atom. The molecule has 0 aliphatic rings. The lowest BCUT2D eigenvalue weighted by Gasteiger charge is -2.23. The average molecular weight is 258 g/mol. The van der Waals surface area contributed by atoms with Crippen molar-refractivity contribution in [1.29, 1.82) is 0 Å². The maximum Gasteiger partial charge on any atom is 0.416 e. The van der Waals surface area contributed by atoms with Gasteiger partial charge < -0.3 is 9.84 Å². The number of amides is 1. The minimum absolute atomic E-state index is 0.0791. The van der Waals surface area contributed by atoms with Gasteiger partial charge >= 0.3 is 12.1 Å². The van der Waals surface area contributed by atoms with Gasteiger partial charge in [-0.2, -0.15) is 0 Å². The summed E-state index contributed by atoms with van der Waals surface area (Å²) in [6.07, 6.45) is 0.646. The van der Waals surface area contributed by atoms with Gasteiger partial charge in [0.25, 0.3) is 0 Å². The number of aromatic nitrogens is 1. The molecule has 17 heavy (non-hydrogen) atoms. The molecule has 0 unspecified atom stereocenters. The number of carboxylic acid groups (broad SMARTS) is 1. The highest BCUT2D eigenvalue weighted by Crippen LogP contribution is 2.23. The van der Waals surface area contributed by atoms with Crippen LogP contribution in [-0.4, -0.2) is 34.8 Å². The summed E-state index contributed by atoms with van der Waals surface area (Å²) < 4.78 is 5.13. The Morgan fingerprint density at radius 2 is 2.06 bits per heavy atom. The summed E-state index contributed by atoms with van der Waals surface area (Å²) >= 11 is 0.918. The van der Waals surface area contributed by atoms with E-state index in [1.54, 1.807) is 20.8 Å². The third-order valence-electron chi connectivity index (χ3n) is 1.66. The SMILES string of the molecule is CN(C(=O)OC(C)(C)C)c1ncc(C(=O)O)s1. The Kier molecular flexibility index (Phi) is 3.72. The van der Waals surface area contributed by atoms with E-state index in [1.807, 2.05) is 0 Å². The molecule has 1 heterocycles. The largest absolute Gasteiger partial charge is 0.477 e. The van der Waals surface area contributed by atoms with E-state index in [0.29, 0.717) is 0 Å². The molecule has 1 N–H and O–H groups in total. The first-order valence-corrected chi connectivity index (χ1v) is 5.68. The second-order valence-electron chi connectivity index (χ2n) is 4.35. The zero-order valence-corrected chi connectivity index (χ0v) is 10.9. The van der Waals surface area contributed by atoms with Crippen LogP contribution in [0.25, 0.3) is 0 Å². The molecule has 1 amide bonds. The number of aromatic carboxylic acids is 1. The van der Waals surface area contributed by atoms with Crippen molar-refractivity contribution in [3.8, 4) is 0 Å². The predicted octanol–water partition coefficient (Wildman–Crippen LogP) is 2.21. The molecular formula is C10H14N2O4S. The van der Waals surface area contributed by atoms with Gasteiger partial charge in [-0.25, -0.2) is 14.6 Å². The molecule has 6 nitrogen and oxygen atoms in total. The first-order valence-electron chi connectivity index (χ1n) is 4.86. The van der Waals surface area contributed by atoms with Gasteiger partial charge in [0.15, 0.2) is 5.13 Å². The Balaban J connectivity index is 2.78. The van der Waals surface area contributed by atoms with E-state index in [1.165, 1.54) is 18.1 Å². The van der Waals surface area contributed by atoms with E-state index < -0.39 is 17.7 Å². The Bertz CT molecular complexity index is 436. The summed E-state index contributed by atoms with van der Waals surface area (Å²) in [6, 6.07) is 0. The van der Waals surface area contributed by atoms with Crippen LogP contribution in [0.3, 0.4) is 0 Å². The highest BCUT2D eigenvalue weighted by molar-refractivity contribution is 7.17. The number of rotatable bonds is 2. The Hall–Kier alpha value is -1.63. The van der Waals surface area contributed by atoms with Crippen molar-refractivity contribution < 1.29 is 19.4 Å². The lowest BCUT2D eigenvalue weighted by molar-refractivity contribution is 0.0588. The van der Waals surface area contributed by atoms with Crippen LogP contribution in [0.15, 0.2) is 6.20 Å². The molecule has 0 bridgehead atoms. The van der Waals surface area contributed by atoms with Gasteiger partial charge in [-0.1, -0.05) is 11.3 Å². The van der Waals surface area contributed by atoms with Crippen LogP contribution in [0.1, 0.15) is 30.4 Å². The summed E-state index contributed by atoms with van der Waals surface area (Å²) in [5, 5.41) is 9.03. The van der Waals surface area contributed by atoms with Crippen molar-refractivity contribution in [2.75, 3.05) is 11.9 Å². The van der Waals surface area contributed by atoms with Crippen LogP contribution in [0.4, 0.5) is 9.93 Å². The summed E-state index contributed by atoms with van der Waals surface area (Å²) in [4.78, 5) is 27.4. The number of carbonyl (C=O) groups is 2. The van der Waals surface area contributed by atoms with E-state index >= 15 is 0 Å². The van der Waals surface area contributed by atoms with Gasteiger partial charge in [0.05, 0.1) is 6.20 Å². The Morgan fingerprint density at radius 3 is 2.47 bits per heavy atom. The first-order chi connectivity index (χ1) is 7.70. The van der Waals surface area contributed by atoms with Crippen molar-refractivity contribution in [3.63, 3.8) is 0 Å². The van der Waals surface area contributed by atoms with Crippen LogP contribution in [0.5, 0.6) is 0 Å². The smallest absolute Gasteiger partial charge is 0.416 e. The van der Waals surface area contributed by atoms with Crippen LogP contribution in [0.2, 0.25) is 0 Å². The molecular weight excluding hydrogens is 244 g/mol. The van der Waals surface area contributed by atoms with Gasteiger partial charge in [0.1, 0.15) is 10.5 Å². The molecule has 0 saturated heterocycles. The lowest BCUT2D eigenvalue weighted by atomic mass is 10.2. The maximum absolute atomic E-state index is 11.7.